The molecule has 0 aliphatic rings. The first kappa shape index (κ1) is 18.3. The second kappa shape index (κ2) is 7.37. The number of hydrogen-bond donors (Lipinski definition) is 1. The number of anilines is 2. The summed E-state index contributed by atoms with van der Waals surface area (Å²) in [4.78, 5) is 8.78. The number of halogens is 1. The van der Waals surface area contributed by atoms with E-state index in [-0.39, 0.29) is 0 Å². The van der Waals surface area contributed by atoms with Gasteiger partial charge >= 0.3 is 0 Å². The van der Waals surface area contributed by atoms with Crippen molar-refractivity contribution in [1.29, 1.82) is 0 Å². The molecule has 0 atom stereocenters. The van der Waals surface area contributed by atoms with Crippen molar-refractivity contribution >= 4 is 38.3 Å². The quantitative estimate of drug-likeness (QED) is 0.644. The summed E-state index contributed by atoms with van der Waals surface area (Å²) in [6, 6.07) is 5.97. The number of aromatic nitrogens is 2. The molecule has 0 aliphatic heterocycles. The van der Waals surface area contributed by atoms with E-state index in [4.69, 9.17) is 14.2 Å². The molecule has 0 saturated heterocycles. The Bertz CT molecular complexity index is 953. The molecule has 0 aliphatic carbocycles. The number of methoxy groups -OCH3 is 3. The topological polar surface area (TPSA) is 65.5 Å². The van der Waals surface area contributed by atoms with Crippen molar-refractivity contribution in [2.24, 2.45) is 0 Å². The van der Waals surface area contributed by atoms with Gasteiger partial charge in [0.15, 0.2) is 11.5 Å². The molecule has 0 amide bonds. The molecule has 0 saturated carbocycles. The Morgan fingerprint density at radius 2 is 1.65 bits per heavy atom. The lowest BCUT2D eigenvalue weighted by atomic mass is 10.1. The molecule has 7 heteroatoms. The van der Waals surface area contributed by atoms with Crippen LogP contribution in [0.5, 0.6) is 17.2 Å². The summed E-state index contributed by atoms with van der Waals surface area (Å²) in [6.45, 7) is 4.10. The summed E-state index contributed by atoms with van der Waals surface area (Å²) in [6.07, 6.45) is 1.51. The van der Waals surface area contributed by atoms with Gasteiger partial charge in [0.05, 0.1) is 37.9 Å². The first-order chi connectivity index (χ1) is 12.5. The van der Waals surface area contributed by atoms with E-state index in [9.17, 15) is 0 Å². The molecule has 0 unspecified atom stereocenters. The zero-order valence-corrected chi connectivity index (χ0v) is 16.9. The van der Waals surface area contributed by atoms with Crippen LogP contribution in [0.15, 0.2) is 29.0 Å². The maximum atomic E-state index is 5.61. The summed E-state index contributed by atoms with van der Waals surface area (Å²) in [5, 5.41) is 4.12. The molecule has 1 aromatic heterocycles. The van der Waals surface area contributed by atoms with Crippen molar-refractivity contribution in [2.45, 2.75) is 13.8 Å². The Labute approximate surface area is 160 Å². The minimum absolute atomic E-state index is 0.500. The molecular weight excluding hydrogens is 398 g/mol. The fourth-order valence-corrected chi connectivity index (χ4v) is 3.75. The largest absolute Gasteiger partial charge is 0.493 e. The number of hydrogen-bond acceptors (Lipinski definition) is 6. The Balaban J connectivity index is 2.25. The van der Waals surface area contributed by atoms with Crippen LogP contribution in [0.4, 0.5) is 11.5 Å². The van der Waals surface area contributed by atoms with Crippen LogP contribution in [0.25, 0.3) is 10.9 Å². The van der Waals surface area contributed by atoms with Crippen molar-refractivity contribution in [3.8, 4) is 17.2 Å². The average molecular weight is 418 g/mol. The molecule has 26 heavy (non-hydrogen) atoms. The Morgan fingerprint density at radius 3 is 2.27 bits per heavy atom. The number of rotatable bonds is 5. The van der Waals surface area contributed by atoms with E-state index in [1.54, 1.807) is 27.4 Å². The first-order valence-corrected chi connectivity index (χ1v) is 8.76. The fourth-order valence-electron chi connectivity index (χ4n) is 2.97. The highest BCUT2D eigenvalue weighted by molar-refractivity contribution is 9.10. The van der Waals surface area contributed by atoms with E-state index in [2.05, 4.69) is 50.3 Å². The van der Waals surface area contributed by atoms with Gasteiger partial charge in [-0.15, -0.1) is 0 Å². The van der Waals surface area contributed by atoms with E-state index in [0.29, 0.717) is 28.6 Å². The second-order valence-electron chi connectivity index (χ2n) is 5.83. The minimum Gasteiger partial charge on any atom is -0.493 e. The Morgan fingerprint density at radius 1 is 0.923 bits per heavy atom. The van der Waals surface area contributed by atoms with Gasteiger partial charge in [-0.1, -0.05) is 6.07 Å². The van der Waals surface area contributed by atoms with Crippen LogP contribution in [0, 0.1) is 13.8 Å². The smallest absolute Gasteiger partial charge is 0.204 e. The predicted octanol–water partition coefficient (Wildman–Crippen LogP) is 4.78. The molecule has 1 heterocycles. The highest BCUT2D eigenvalue weighted by Gasteiger charge is 2.20. The number of nitrogens with one attached hydrogen (secondary N) is 1. The van der Waals surface area contributed by atoms with E-state index < -0.39 is 0 Å². The van der Waals surface area contributed by atoms with E-state index in [0.717, 1.165) is 21.1 Å². The van der Waals surface area contributed by atoms with E-state index in [1.807, 2.05) is 6.92 Å². The second-order valence-corrected chi connectivity index (χ2v) is 6.68. The molecule has 0 spiro atoms. The highest BCUT2D eigenvalue weighted by Crippen LogP contribution is 2.45. The molecule has 6 nitrogen and oxygen atoms in total. The lowest BCUT2D eigenvalue weighted by Gasteiger charge is -2.18. The van der Waals surface area contributed by atoms with Gasteiger partial charge in [-0.25, -0.2) is 9.97 Å². The monoisotopic (exact) mass is 417 g/mol. The van der Waals surface area contributed by atoms with Gasteiger partial charge in [0.1, 0.15) is 12.1 Å². The number of aryl methyl sites for hydroxylation is 2. The lowest BCUT2D eigenvalue weighted by molar-refractivity contribution is 0.327. The Kier molecular flexibility index (Phi) is 5.18. The number of nitrogens with zero attached hydrogens (tertiary/aromatic N) is 2. The number of benzene rings is 2. The van der Waals surface area contributed by atoms with Crippen molar-refractivity contribution in [1.82, 2.24) is 9.97 Å². The van der Waals surface area contributed by atoms with E-state index >= 15 is 0 Å². The lowest BCUT2D eigenvalue weighted by Crippen LogP contribution is -2.02. The molecular formula is C19H20BrN3O3. The standard InChI is InChI=1S/C19H20BrN3O3/c1-10-6-11(2)16(12(20)7-10)23-19-15-13(21-9-22-19)8-14(24-3)17(25-4)18(15)26-5/h6-9H,1-5H3,(H,21,22,23). The molecule has 0 fully saturated rings. The van der Waals surface area contributed by atoms with Gasteiger partial charge in [0.2, 0.25) is 5.75 Å². The number of fused-ring (bicyclic) bond motifs is 1. The zero-order valence-electron chi connectivity index (χ0n) is 15.3. The van der Waals surface area contributed by atoms with Gasteiger partial charge in [-0.2, -0.15) is 0 Å². The maximum absolute atomic E-state index is 5.61. The van der Waals surface area contributed by atoms with Gasteiger partial charge in [-0.3, -0.25) is 0 Å². The molecule has 0 radical (unpaired) electrons. The molecule has 3 rings (SSSR count). The van der Waals surface area contributed by atoms with Gasteiger partial charge in [0.25, 0.3) is 0 Å². The third-order valence-electron chi connectivity index (χ3n) is 4.10. The summed E-state index contributed by atoms with van der Waals surface area (Å²) in [5.41, 5.74) is 3.91. The fraction of sp³-hybridized carbons (Fsp3) is 0.263. The van der Waals surface area contributed by atoms with Gasteiger partial charge in [-0.05, 0) is 47.0 Å². The molecule has 2 aromatic carbocycles. The first-order valence-electron chi connectivity index (χ1n) is 7.97. The Hall–Kier alpha value is -2.54. The van der Waals surface area contributed by atoms with Crippen LogP contribution in [0.2, 0.25) is 0 Å². The number of ether oxygens (including phenoxy) is 3. The molecule has 136 valence electrons. The zero-order chi connectivity index (χ0) is 18.8. The summed E-state index contributed by atoms with van der Waals surface area (Å²) < 4.78 is 17.5. The van der Waals surface area contributed by atoms with Gasteiger partial charge in [0, 0.05) is 10.5 Å². The van der Waals surface area contributed by atoms with Crippen LogP contribution in [-0.2, 0) is 0 Å². The van der Waals surface area contributed by atoms with Gasteiger partial charge < -0.3 is 19.5 Å². The van der Waals surface area contributed by atoms with Crippen LogP contribution in [0.3, 0.4) is 0 Å². The molecule has 0 bridgehead atoms. The van der Waals surface area contributed by atoms with Crippen molar-refractivity contribution in [3.63, 3.8) is 0 Å². The van der Waals surface area contributed by atoms with Crippen LogP contribution >= 0.6 is 15.9 Å². The highest BCUT2D eigenvalue weighted by atomic mass is 79.9. The SMILES string of the molecule is COc1cc2ncnc(Nc3c(C)cc(C)cc3Br)c2c(OC)c1OC. The molecule has 3 aromatic rings. The van der Waals surface area contributed by atoms with Crippen molar-refractivity contribution in [2.75, 3.05) is 26.6 Å². The van der Waals surface area contributed by atoms with Crippen LogP contribution in [0.1, 0.15) is 11.1 Å². The molecule has 1 N–H and O–H groups in total. The third kappa shape index (κ3) is 3.14. The minimum atomic E-state index is 0.500. The van der Waals surface area contributed by atoms with E-state index in [1.165, 1.54) is 11.9 Å². The average Bonchev–Trinajstić information content (AvgIpc) is 2.62. The third-order valence-corrected chi connectivity index (χ3v) is 4.73. The predicted molar refractivity (Wildman–Crippen MR) is 106 cm³/mol. The van der Waals surface area contributed by atoms with Crippen molar-refractivity contribution in [3.05, 3.63) is 40.1 Å². The van der Waals surface area contributed by atoms with Crippen LogP contribution in [-0.4, -0.2) is 31.3 Å². The van der Waals surface area contributed by atoms with Crippen molar-refractivity contribution < 1.29 is 14.2 Å². The summed E-state index contributed by atoms with van der Waals surface area (Å²) in [7, 11) is 4.74. The summed E-state index contributed by atoms with van der Waals surface area (Å²) in [5.74, 6) is 2.19. The summed E-state index contributed by atoms with van der Waals surface area (Å²) >= 11 is 3.62. The van der Waals surface area contributed by atoms with Crippen LogP contribution < -0.4 is 19.5 Å². The maximum Gasteiger partial charge on any atom is 0.204 e. The normalized spacial score (nSPS) is 10.7.